The standard InChI is InChI=1S/C14H20N2O4S/c1-3-20-14(17)12-8-11(15)4-5-13(12)16-6-7-21(18,19)9-10(16)2/h4-5,8,10H,3,6-7,9,15H2,1-2H3. The van der Waals surface area contributed by atoms with Crippen LogP contribution in [-0.2, 0) is 14.6 Å². The number of carbonyl (C=O) groups is 1. The molecule has 2 N–H and O–H groups in total. The molecule has 6 nitrogen and oxygen atoms in total. The van der Waals surface area contributed by atoms with Gasteiger partial charge in [-0.25, -0.2) is 13.2 Å². The zero-order valence-corrected chi connectivity index (χ0v) is 13.0. The summed E-state index contributed by atoms with van der Waals surface area (Å²) in [6.45, 7) is 4.21. The highest BCUT2D eigenvalue weighted by molar-refractivity contribution is 7.91. The highest BCUT2D eigenvalue weighted by Gasteiger charge is 2.30. The van der Waals surface area contributed by atoms with Crippen LogP contribution in [0.25, 0.3) is 0 Å². The van der Waals surface area contributed by atoms with Gasteiger partial charge in [0, 0.05) is 18.3 Å². The molecule has 1 fully saturated rings. The topological polar surface area (TPSA) is 89.7 Å². The maximum atomic E-state index is 12.1. The largest absolute Gasteiger partial charge is 0.462 e. The molecule has 0 amide bonds. The van der Waals surface area contributed by atoms with Crippen molar-refractivity contribution in [1.82, 2.24) is 0 Å². The van der Waals surface area contributed by atoms with E-state index in [2.05, 4.69) is 0 Å². The number of hydrogen-bond acceptors (Lipinski definition) is 6. The fraction of sp³-hybridized carbons (Fsp3) is 0.500. The molecule has 1 aromatic carbocycles. The van der Waals surface area contributed by atoms with E-state index in [0.29, 0.717) is 23.5 Å². The van der Waals surface area contributed by atoms with E-state index in [0.717, 1.165) is 0 Å². The van der Waals surface area contributed by atoms with Crippen LogP contribution in [0.1, 0.15) is 24.2 Å². The van der Waals surface area contributed by atoms with Crippen LogP contribution in [0.5, 0.6) is 0 Å². The van der Waals surface area contributed by atoms with Crippen LogP contribution >= 0.6 is 0 Å². The Kier molecular flexibility index (Phi) is 4.41. The quantitative estimate of drug-likeness (QED) is 0.663. The second-order valence-corrected chi connectivity index (χ2v) is 7.38. The SMILES string of the molecule is CCOC(=O)c1cc(N)ccc1N1CCS(=O)(=O)CC1C. The van der Waals surface area contributed by atoms with E-state index in [1.807, 2.05) is 11.8 Å². The summed E-state index contributed by atoms with van der Waals surface area (Å²) < 4.78 is 28.4. The van der Waals surface area contributed by atoms with Gasteiger partial charge in [-0.3, -0.25) is 0 Å². The number of esters is 1. The van der Waals surface area contributed by atoms with Crippen molar-refractivity contribution in [3.63, 3.8) is 0 Å². The minimum absolute atomic E-state index is 0.0830. The highest BCUT2D eigenvalue weighted by atomic mass is 32.2. The van der Waals surface area contributed by atoms with Crippen molar-refractivity contribution in [2.24, 2.45) is 0 Å². The summed E-state index contributed by atoms with van der Waals surface area (Å²) in [6.07, 6.45) is 0. The van der Waals surface area contributed by atoms with Crippen LogP contribution in [0.4, 0.5) is 11.4 Å². The van der Waals surface area contributed by atoms with Gasteiger partial charge < -0.3 is 15.4 Å². The van der Waals surface area contributed by atoms with Gasteiger partial charge >= 0.3 is 5.97 Å². The van der Waals surface area contributed by atoms with E-state index in [1.165, 1.54) is 0 Å². The molecule has 7 heteroatoms. The Morgan fingerprint density at radius 2 is 2.19 bits per heavy atom. The number of hydrogen-bond donors (Lipinski definition) is 1. The number of rotatable bonds is 3. The van der Waals surface area contributed by atoms with Gasteiger partial charge in [0.25, 0.3) is 0 Å². The summed E-state index contributed by atoms with van der Waals surface area (Å²) in [4.78, 5) is 14.0. The van der Waals surface area contributed by atoms with Gasteiger partial charge in [0.1, 0.15) is 0 Å². The Balaban J connectivity index is 2.37. The normalized spacial score (nSPS) is 21.0. The second kappa shape index (κ2) is 5.93. The van der Waals surface area contributed by atoms with E-state index in [9.17, 15) is 13.2 Å². The molecule has 1 aromatic rings. The van der Waals surface area contributed by atoms with E-state index >= 15 is 0 Å². The van der Waals surface area contributed by atoms with Crippen LogP contribution in [0.3, 0.4) is 0 Å². The molecule has 1 atom stereocenters. The van der Waals surface area contributed by atoms with Crippen molar-refractivity contribution in [2.75, 3.05) is 35.3 Å². The lowest BCUT2D eigenvalue weighted by Crippen LogP contribution is -2.47. The van der Waals surface area contributed by atoms with Crippen molar-refractivity contribution < 1.29 is 17.9 Å². The predicted molar refractivity (Wildman–Crippen MR) is 82.3 cm³/mol. The summed E-state index contributed by atoms with van der Waals surface area (Å²) in [5, 5.41) is 0. The number of nitrogens with two attached hydrogens (primary N) is 1. The molecule has 0 bridgehead atoms. The van der Waals surface area contributed by atoms with E-state index < -0.39 is 15.8 Å². The smallest absolute Gasteiger partial charge is 0.340 e. The molecule has 0 aliphatic carbocycles. The molecule has 1 unspecified atom stereocenters. The first kappa shape index (κ1) is 15.6. The number of benzene rings is 1. The predicted octanol–water partition coefficient (Wildman–Crippen LogP) is 1.07. The Bertz CT molecular complexity index is 642. The van der Waals surface area contributed by atoms with Crippen molar-refractivity contribution >= 4 is 27.2 Å². The summed E-state index contributed by atoms with van der Waals surface area (Å²) in [5.74, 6) is -0.274. The monoisotopic (exact) mass is 312 g/mol. The summed E-state index contributed by atoms with van der Waals surface area (Å²) in [6, 6.07) is 4.83. The third-order valence-corrected chi connectivity index (χ3v) is 5.29. The lowest BCUT2D eigenvalue weighted by Gasteiger charge is -2.36. The number of nitrogen functional groups attached to an aromatic ring is 1. The Morgan fingerprint density at radius 3 is 2.81 bits per heavy atom. The average molecular weight is 312 g/mol. The van der Waals surface area contributed by atoms with E-state index in [-0.39, 0.29) is 24.2 Å². The van der Waals surface area contributed by atoms with Crippen molar-refractivity contribution in [3.8, 4) is 0 Å². The van der Waals surface area contributed by atoms with Gasteiger partial charge in [-0.05, 0) is 32.0 Å². The maximum absolute atomic E-state index is 12.1. The van der Waals surface area contributed by atoms with Crippen LogP contribution in [-0.4, -0.2) is 45.1 Å². The first-order chi connectivity index (χ1) is 9.84. The highest BCUT2D eigenvalue weighted by Crippen LogP contribution is 2.28. The average Bonchev–Trinajstić information content (AvgIpc) is 2.39. The summed E-state index contributed by atoms with van der Waals surface area (Å²) >= 11 is 0. The van der Waals surface area contributed by atoms with Gasteiger partial charge in [-0.15, -0.1) is 0 Å². The van der Waals surface area contributed by atoms with Gasteiger partial charge in [-0.2, -0.15) is 0 Å². The molecule has 1 heterocycles. The lowest BCUT2D eigenvalue weighted by molar-refractivity contribution is 0.0527. The minimum atomic E-state index is -3.01. The molecular formula is C14H20N2O4S. The fourth-order valence-electron chi connectivity index (χ4n) is 2.53. The molecule has 0 radical (unpaired) electrons. The molecule has 0 aromatic heterocycles. The summed E-state index contributed by atoms with van der Waals surface area (Å²) in [5.41, 5.74) is 7.27. The Hall–Kier alpha value is -1.76. The number of carbonyl (C=O) groups excluding carboxylic acids is 1. The molecule has 1 aliphatic rings. The van der Waals surface area contributed by atoms with Crippen LogP contribution in [0.15, 0.2) is 18.2 Å². The number of anilines is 2. The second-order valence-electron chi connectivity index (χ2n) is 5.15. The van der Waals surface area contributed by atoms with Crippen molar-refractivity contribution in [1.29, 1.82) is 0 Å². The first-order valence-corrected chi connectivity index (χ1v) is 8.70. The molecule has 2 rings (SSSR count). The van der Waals surface area contributed by atoms with E-state index in [1.54, 1.807) is 25.1 Å². The Morgan fingerprint density at radius 1 is 1.48 bits per heavy atom. The minimum Gasteiger partial charge on any atom is -0.462 e. The van der Waals surface area contributed by atoms with E-state index in [4.69, 9.17) is 10.5 Å². The molecule has 1 aliphatic heterocycles. The van der Waals surface area contributed by atoms with Gasteiger partial charge in [0.05, 0.1) is 29.4 Å². The third kappa shape index (κ3) is 3.47. The molecular weight excluding hydrogens is 292 g/mol. The third-order valence-electron chi connectivity index (χ3n) is 3.50. The molecule has 1 saturated heterocycles. The molecule has 0 saturated carbocycles. The zero-order chi connectivity index (χ0) is 15.6. The number of sulfone groups is 1. The number of ether oxygens (including phenoxy) is 1. The van der Waals surface area contributed by atoms with Crippen LogP contribution in [0, 0.1) is 0 Å². The fourth-order valence-corrected chi connectivity index (χ4v) is 4.09. The van der Waals surface area contributed by atoms with Gasteiger partial charge in [0.15, 0.2) is 9.84 Å². The zero-order valence-electron chi connectivity index (χ0n) is 12.2. The Labute approximate surface area is 124 Å². The number of nitrogens with zero attached hydrogens (tertiary/aromatic N) is 1. The maximum Gasteiger partial charge on any atom is 0.340 e. The van der Waals surface area contributed by atoms with Crippen LogP contribution in [0.2, 0.25) is 0 Å². The molecule has 116 valence electrons. The lowest BCUT2D eigenvalue weighted by atomic mass is 10.1. The van der Waals surface area contributed by atoms with Crippen molar-refractivity contribution in [3.05, 3.63) is 23.8 Å². The van der Waals surface area contributed by atoms with Gasteiger partial charge in [0.2, 0.25) is 0 Å². The summed E-state index contributed by atoms with van der Waals surface area (Å²) in [7, 11) is -3.01. The van der Waals surface area contributed by atoms with Crippen molar-refractivity contribution in [2.45, 2.75) is 19.9 Å². The van der Waals surface area contributed by atoms with Crippen LogP contribution < -0.4 is 10.6 Å². The molecule has 21 heavy (non-hydrogen) atoms. The van der Waals surface area contributed by atoms with Gasteiger partial charge in [-0.1, -0.05) is 0 Å². The molecule has 0 spiro atoms. The first-order valence-electron chi connectivity index (χ1n) is 6.88.